The van der Waals surface area contributed by atoms with Crippen LogP contribution in [0.3, 0.4) is 0 Å². The molecule has 6 aromatic rings. The molecule has 0 spiro atoms. The van der Waals surface area contributed by atoms with E-state index in [0.717, 1.165) is 4.90 Å². The third kappa shape index (κ3) is 1.96. The smallest absolute Gasteiger partial charge is 0.222 e. The van der Waals surface area contributed by atoms with E-state index in [2.05, 4.69) is 73.3 Å². The third-order valence-electron chi connectivity index (χ3n) is 6.17. The number of furan rings is 1. The molecule has 0 saturated carbocycles. The number of nitrogens with zero attached hydrogens (tertiary/aromatic N) is 1. The first kappa shape index (κ1) is 16.0. The fraction of sp³-hybridized carbons (Fsp3) is 0.0800. The molecule has 29 heavy (non-hydrogen) atoms. The molecule has 1 aliphatic heterocycles. The predicted octanol–water partition coefficient (Wildman–Crippen LogP) is 7.22. The molecule has 4 heterocycles. The van der Waals surface area contributed by atoms with E-state index in [0.29, 0.717) is 0 Å². The molecule has 0 unspecified atom stereocenters. The summed E-state index contributed by atoms with van der Waals surface area (Å²) in [5.74, 6) is 0. The Kier molecular flexibility index (Phi) is 2.99. The molecule has 0 N–H and O–H groups in total. The van der Waals surface area contributed by atoms with Crippen molar-refractivity contribution >= 4 is 65.0 Å². The molecular formula is C25H16NOS2+. The number of fused-ring (bicyclic) bond motifs is 7. The van der Waals surface area contributed by atoms with Crippen molar-refractivity contribution in [1.82, 2.24) is 0 Å². The van der Waals surface area contributed by atoms with Gasteiger partial charge in [0.25, 0.3) is 0 Å². The zero-order valence-electron chi connectivity index (χ0n) is 15.9. The highest BCUT2D eigenvalue weighted by Crippen LogP contribution is 2.54. The molecule has 0 fully saturated rings. The Morgan fingerprint density at radius 3 is 2.76 bits per heavy atom. The summed E-state index contributed by atoms with van der Waals surface area (Å²) in [7, 11) is 2.16. The van der Waals surface area contributed by atoms with Crippen LogP contribution in [0, 0.1) is 6.92 Å². The van der Waals surface area contributed by atoms with Gasteiger partial charge in [0, 0.05) is 26.6 Å². The van der Waals surface area contributed by atoms with Crippen molar-refractivity contribution in [3.05, 3.63) is 66.6 Å². The standard InChI is InChI=1S/C25H16NOS2/c1-13-16-6-4-3-5-14(16)12-19-20(13)22-21-15(7-9-26(22)2)11-18-17-8-10-27-25(17)29-23(18)24(21)28-19/h3-12H,1-2H3/q+1. The Labute approximate surface area is 175 Å². The number of pyridine rings is 1. The van der Waals surface area contributed by atoms with E-state index < -0.39 is 0 Å². The normalized spacial score (nSPS) is 13.0. The summed E-state index contributed by atoms with van der Waals surface area (Å²) in [5, 5.41) is 7.83. The number of hydrogen-bond acceptors (Lipinski definition) is 3. The van der Waals surface area contributed by atoms with Gasteiger partial charge in [-0.15, -0.1) is 0 Å². The van der Waals surface area contributed by atoms with Crippen LogP contribution in [0.4, 0.5) is 0 Å². The molecule has 0 bridgehead atoms. The van der Waals surface area contributed by atoms with Crippen LogP contribution in [-0.4, -0.2) is 0 Å². The van der Waals surface area contributed by atoms with E-state index in [4.69, 9.17) is 4.42 Å². The number of hydrogen-bond donors (Lipinski definition) is 0. The van der Waals surface area contributed by atoms with Crippen molar-refractivity contribution in [3.63, 3.8) is 0 Å². The van der Waals surface area contributed by atoms with Gasteiger partial charge >= 0.3 is 0 Å². The van der Waals surface area contributed by atoms with Crippen molar-refractivity contribution < 1.29 is 8.98 Å². The highest BCUT2D eigenvalue weighted by molar-refractivity contribution is 8.00. The lowest BCUT2D eigenvalue weighted by Crippen LogP contribution is -2.31. The Bertz CT molecular complexity index is 1650. The first-order valence-corrected chi connectivity index (χ1v) is 11.3. The molecule has 1 aliphatic rings. The lowest BCUT2D eigenvalue weighted by Gasteiger charge is -2.21. The van der Waals surface area contributed by atoms with Gasteiger partial charge in [-0.25, -0.2) is 4.57 Å². The van der Waals surface area contributed by atoms with Crippen molar-refractivity contribution in [3.8, 4) is 11.3 Å². The van der Waals surface area contributed by atoms with Gasteiger partial charge in [0.15, 0.2) is 11.1 Å². The molecule has 4 heteroatoms. The van der Waals surface area contributed by atoms with E-state index in [9.17, 15) is 0 Å². The van der Waals surface area contributed by atoms with Crippen LogP contribution in [0.5, 0.6) is 0 Å². The lowest BCUT2D eigenvalue weighted by atomic mass is 9.94. The fourth-order valence-corrected chi connectivity index (χ4v) is 7.41. The summed E-state index contributed by atoms with van der Waals surface area (Å²) in [6, 6.07) is 17.8. The average molecular weight is 411 g/mol. The van der Waals surface area contributed by atoms with Gasteiger partial charge < -0.3 is 4.42 Å². The minimum absolute atomic E-state index is 1.01. The Morgan fingerprint density at radius 1 is 0.931 bits per heavy atom. The molecule has 7 rings (SSSR count). The maximum Gasteiger partial charge on any atom is 0.222 e. The maximum absolute atomic E-state index is 5.75. The zero-order valence-corrected chi connectivity index (χ0v) is 17.6. The van der Waals surface area contributed by atoms with Crippen LogP contribution in [0.25, 0.3) is 53.2 Å². The van der Waals surface area contributed by atoms with Gasteiger partial charge in [-0.2, -0.15) is 0 Å². The minimum Gasteiger partial charge on any atom is -0.454 e. The molecule has 0 radical (unpaired) electrons. The van der Waals surface area contributed by atoms with Crippen LogP contribution in [0.15, 0.2) is 75.2 Å². The largest absolute Gasteiger partial charge is 0.454 e. The van der Waals surface area contributed by atoms with Crippen LogP contribution >= 0.6 is 23.1 Å². The van der Waals surface area contributed by atoms with E-state index in [-0.39, 0.29) is 0 Å². The third-order valence-corrected chi connectivity index (χ3v) is 8.58. The quantitative estimate of drug-likeness (QED) is 0.246. The summed E-state index contributed by atoms with van der Waals surface area (Å²) in [5.41, 5.74) is 4.05. The van der Waals surface area contributed by atoms with Gasteiger partial charge in [0.2, 0.25) is 5.69 Å². The Balaban J connectivity index is 1.73. The van der Waals surface area contributed by atoms with Gasteiger partial charge in [-0.3, -0.25) is 0 Å². The Hall–Kier alpha value is -2.82. The second-order valence-electron chi connectivity index (χ2n) is 7.74. The van der Waals surface area contributed by atoms with E-state index in [1.165, 1.54) is 63.6 Å². The summed E-state index contributed by atoms with van der Waals surface area (Å²) >= 11 is 3.68. The second kappa shape index (κ2) is 5.41. The second-order valence-corrected chi connectivity index (χ2v) is 9.78. The number of aryl methyl sites for hydroxylation is 2. The van der Waals surface area contributed by atoms with Crippen molar-refractivity contribution in [2.75, 3.05) is 0 Å². The average Bonchev–Trinajstić information content (AvgIpc) is 3.32. The molecule has 138 valence electrons. The SMILES string of the molecule is Cc1c2c(cc3ccccc13)Sc1c3sc4occc4c3cc3cc[n+](C)c-2c13. The van der Waals surface area contributed by atoms with Crippen molar-refractivity contribution in [2.24, 2.45) is 7.05 Å². The van der Waals surface area contributed by atoms with Crippen LogP contribution in [0.1, 0.15) is 5.56 Å². The molecular weight excluding hydrogens is 394 g/mol. The molecule has 0 aliphatic carbocycles. The molecule has 3 aromatic heterocycles. The van der Waals surface area contributed by atoms with E-state index in [1.807, 2.05) is 11.8 Å². The van der Waals surface area contributed by atoms with Gasteiger partial charge in [0.05, 0.1) is 21.9 Å². The molecule has 0 saturated heterocycles. The minimum atomic E-state index is 1.01. The summed E-state index contributed by atoms with van der Waals surface area (Å²) < 4.78 is 9.37. The first-order chi connectivity index (χ1) is 14.2. The van der Waals surface area contributed by atoms with Crippen LogP contribution in [-0.2, 0) is 7.05 Å². The molecule has 0 amide bonds. The molecule has 3 aromatic carbocycles. The lowest BCUT2D eigenvalue weighted by molar-refractivity contribution is -0.659. The van der Waals surface area contributed by atoms with Gasteiger partial charge in [0.1, 0.15) is 7.05 Å². The zero-order chi connectivity index (χ0) is 19.3. The van der Waals surface area contributed by atoms with Gasteiger partial charge in [-0.1, -0.05) is 47.4 Å². The highest BCUT2D eigenvalue weighted by atomic mass is 32.2. The predicted molar refractivity (Wildman–Crippen MR) is 122 cm³/mol. The van der Waals surface area contributed by atoms with Crippen LogP contribution < -0.4 is 4.57 Å². The first-order valence-electron chi connectivity index (χ1n) is 9.66. The summed E-state index contributed by atoms with van der Waals surface area (Å²) in [6.45, 7) is 2.27. The number of thiophene rings is 1. The van der Waals surface area contributed by atoms with Crippen LogP contribution in [0.2, 0.25) is 0 Å². The Morgan fingerprint density at radius 2 is 1.83 bits per heavy atom. The fourth-order valence-electron chi connectivity index (χ4n) is 4.83. The molecule has 0 atom stereocenters. The maximum atomic E-state index is 5.75. The monoisotopic (exact) mass is 410 g/mol. The highest BCUT2D eigenvalue weighted by Gasteiger charge is 2.31. The van der Waals surface area contributed by atoms with Crippen molar-refractivity contribution in [1.29, 1.82) is 0 Å². The summed E-state index contributed by atoms with van der Waals surface area (Å²) in [6.07, 6.45) is 3.99. The van der Waals surface area contributed by atoms with E-state index in [1.54, 1.807) is 17.6 Å². The summed E-state index contributed by atoms with van der Waals surface area (Å²) in [4.78, 5) is 3.72. The van der Waals surface area contributed by atoms with Crippen molar-refractivity contribution in [2.45, 2.75) is 16.7 Å². The number of rotatable bonds is 0. The number of aromatic nitrogens is 1. The topological polar surface area (TPSA) is 17.0 Å². The molecule has 2 nitrogen and oxygen atoms in total. The van der Waals surface area contributed by atoms with E-state index >= 15 is 0 Å². The van der Waals surface area contributed by atoms with Gasteiger partial charge in [-0.05, 0) is 46.8 Å². The number of benzene rings is 3.